The molecular weight excluding hydrogens is 483 g/mol. The lowest BCUT2D eigenvalue weighted by molar-refractivity contribution is -0.120. The SMILES string of the molecule is CCCC(C)(F)c1cc2c(nn1)C(C)(C)CN2C(=O)CN1C[C@@H](C)NC[C@@H]1CN1Cc2ccccc2C1=O. The molecule has 0 saturated carbocycles. The summed E-state index contributed by atoms with van der Waals surface area (Å²) >= 11 is 0. The molecule has 1 aromatic carbocycles. The number of nitrogens with zero attached hydrogens (tertiary/aromatic N) is 5. The lowest BCUT2D eigenvalue weighted by Crippen LogP contribution is -2.60. The number of carbonyl (C=O) groups is 2. The van der Waals surface area contributed by atoms with Crippen LogP contribution in [0.4, 0.5) is 10.1 Å². The quantitative estimate of drug-likeness (QED) is 0.600. The molecule has 2 amide bonds. The Hall–Kier alpha value is -2.91. The van der Waals surface area contributed by atoms with Crippen LogP contribution in [0.2, 0.25) is 0 Å². The average molecular weight is 523 g/mol. The van der Waals surface area contributed by atoms with Crippen LogP contribution in [0.15, 0.2) is 30.3 Å². The van der Waals surface area contributed by atoms with Crippen molar-refractivity contribution in [3.8, 4) is 0 Å². The van der Waals surface area contributed by atoms with Gasteiger partial charge in [-0.05, 0) is 38.0 Å². The number of carbonyl (C=O) groups excluding carboxylic acids is 2. The summed E-state index contributed by atoms with van der Waals surface area (Å²) in [6, 6.07) is 9.70. The van der Waals surface area contributed by atoms with E-state index in [1.807, 2.05) is 49.9 Å². The third kappa shape index (κ3) is 4.94. The maximum Gasteiger partial charge on any atom is 0.254 e. The van der Waals surface area contributed by atoms with Crippen molar-refractivity contribution in [2.45, 2.75) is 77.2 Å². The molecule has 0 aliphatic carbocycles. The Labute approximate surface area is 224 Å². The van der Waals surface area contributed by atoms with Crippen molar-refractivity contribution in [2.24, 2.45) is 0 Å². The molecule has 0 bridgehead atoms. The van der Waals surface area contributed by atoms with Crippen LogP contribution in [0, 0.1) is 0 Å². The second kappa shape index (κ2) is 10.0. The first-order valence-electron chi connectivity index (χ1n) is 13.7. The molecule has 3 atom stereocenters. The monoisotopic (exact) mass is 522 g/mol. The highest BCUT2D eigenvalue weighted by Gasteiger charge is 2.43. The maximum absolute atomic E-state index is 15.3. The van der Waals surface area contributed by atoms with Crippen molar-refractivity contribution in [3.05, 3.63) is 52.8 Å². The fourth-order valence-electron chi connectivity index (χ4n) is 6.08. The van der Waals surface area contributed by atoms with Crippen LogP contribution in [-0.4, -0.2) is 76.6 Å². The first kappa shape index (κ1) is 26.7. The number of alkyl halides is 1. The highest BCUT2D eigenvalue weighted by atomic mass is 19.1. The van der Waals surface area contributed by atoms with Gasteiger partial charge in [-0.1, -0.05) is 45.4 Å². The molecule has 8 nitrogen and oxygen atoms in total. The van der Waals surface area contributed by atoms with E-state index in [0.717, 1.165) is 16.8 Å². The van der Waals surface area contributed by atoms with Crippen LogP contribution in [0.1, 0.15) is 74.8 Å². The first-order chi connectivity index (χ1) is 18.0. The molecule has 2 aromatic rings. The van der Waals surface area contributed by atoms with E-state index in [-0.39, 0.29) is 41.6 Å². The van der Waals surface area contributed by atoms with Crippen molar-refractivity contribution in [3.63, 3.8) is 0 Å². The molecule has 1 N–H and O–H groups in total. The number of fused-ring (bicyclic) bond motifs is 2. The van der Waals surface area contributed by atoms with Gasteiger partial charge in [0.2, 0.25) is 5.91 Å². The van der Waals surface area contributed by atoms with Crippen molar-refractivity contribution in [1.82, 2.24) is 25.3 Å². The number of nitrogens with one attached hydrogen (secondary N) is 1. The summed E-state index contributed by atoms with van der Waals surface area (Å²) in [5, 5.41) is 12.2. The van der Waals surface area contributed by atoms with Gasteiger partial charge >= 0.3 is 0 Å². The number of benzene rings is 1. The second-order valence-electron chi connectivity index (χ2n) is 12.0. The van der Waals surface area contributed by atoms with Crippen LogP contribution in [0.25, 0.3) is 0 Å². The molecule has 4 heterocycles. The van der Waals surface area contributed by atoms with Crippen molar-refractivity contribution in [1.29, 1.82) is 0 Å². The molecule has 3 aliphatic rings. The number of hydrogen-bond donors (Lipinski definition) is 1. The van der Waals surface area contributed by atoms with Gasteiger partial charge in [-0.2, -0.15) is 10.2 Å². The van der Waals surface area contributed by atoms with E-state index in [0.29, 0.717) is 51.3 Å². The minimum Gasteiger partial charge on any atom is -0.333 e. The number of halogens is 1. The van der Waals surface area contributed by atoms with Gasteiger partial charge in [0, 0.05) is 55.8 Å². The molecular formula is C29H39FN6O2. The summed E-state index contributed by atoms with van der Waals surface area (Å²) in [4.78, 5) is 32.7. The lowest BCUT2D eigenvalue weighted by atomic mass is 9.91. The zero-order valence-corrected chi connectivity index (χ0v) is 23.1. The maximum atomic E-state index is 15.3. The van der Waals surface area contributed by atoms with Crippen molar-refractivity contribution in [2.75, 3.05) is 37.6 Å². The van der Waals surface area contributed by atoms with Gasteiger partial charge in [0.25, 0.3) is 5.91 Å². The van der Waals surface area contributed by atoms with Gasteiger partial charge in [-0.15, -0.1) is 0 Å². The van der Waals surface area contributed by atoms with E-state index in [2.05, 4.69) is 27.3 Å². The third-order valence-corrected chi connectivity index (χ3v) is 8.21. The molecule has 0 radical (unpaired) electrons. The summed E-state index contributed by atoms with van der Waals surface area (Å²) in [7, 11) is 0. The largest absolute Gasteiger partial charge is 0.333 e. The summed E-state index contributed by atoms with van der Waals surface area (Å²) < 4.78 is 15.3. The fraction of sp³-hybridized carbons (Fsp3) is 0.586. The Morgan fingerprint density at radius 2 is 2.03 bits per heavy atom. The molecule has 3 aliphatic heterocycles. The Morgan fingerprint density at radius 3 is 2.76 bits per heavy atom. The fourth-order valence-corrected chi connectivity index (χ4v) is 6.08. The highest BCUT2D eigenvalue weighted by Crippen LogP contribution is 2.41. The number of hydrogen-bond acceptors (Lipinski definition) is 6. The van der Waals surface area contributed by atoms with Crippen molar-refractivity contribution >= 4 is 17.5 Å². The van der Waals surface area contributed by atoms with Gasteiger partial charge in [0.1, 0.15) is 5.69 Å². The first-order valence-corrected chi connectivity index (χ1v) is 13.7. The van der Waals surface area contributed by atoms with Gasteiger partial charge < -0.3 is 15.1 Å². The average Bonchev–Trinajstić information content (AvgIpc) is 3.33. The van der Waals surface area contributed by atoms with Crippen molar-refractivity contribution < 1.29 is 14.0 Å². The van der Waals surface area contributed by atoms with Gasteiger partial charge in [0.15, 0.2) is 5.67 Å². The third-order valence-electron chi connectivity index (χ3n) is 8.21. The highest BCUT2D eigenvalue weighted by molar-refractivity contribution is 5.98. The minimum atomic E-state index is -1.60. The van der Waals surface area contributed by atoms with Crippen LogP contribution < -0.4 is 10.2 Å². The summed E-state index contributed by atoms with van der Waals surface area (Å²) in [6.07, 6.45) is 1.03. The van der Waals surface area contributed by atoms with E-state index in [1.165, 1.54) is 6.92 Å². The normalized spacial score (nSPS) is 24.3. The molecule has 1 aromatic heterocycles. The topological polar surface area (TPSA) is 81.7 Å². The second-order valence-corrected chi connectivity index (χ2v) is 12.0. The van der Waals surface area contributed by atoms with E-state index >= 15 is 4.39 Å². The van der Waals surface area contributed by atoms with Crippen LogP contribution in [0.5, 0.6) is 0 Å². The standard InChI is InChI=1S/C29H39FN6O2/c1-6-11-29(5,30)24-12-23-26(33-32-24)28(3,4)18-36(23)25(37)17-34-14-19(2)31-13-21(34)16-35-15-20-9-7-8-10-22(20)27(35)38/h7-10,12,19,21,31H,6,11,13-18H2,1-5H3/t19-,21-,29?/m1/s1. The number of rotatable bonds is 7. The number of amides is 2. The zero-order valence-electron chi connectivity index (χ0n) is 23.1. The Balaban J connectivity index is 1.35. The minimum absolute atomic E-state index is 0.00769. The Kier molecular flexibility index (Phi) is 7.02. The van der Waals surface area contributed by atoms with Gasteiger partial charge in [-0.3, -0.25) is 14.5 Å². The van der Waals surface area contributed by atoms with Crippen LogP contribution in [0.3, 0.4) is 0 Å². The predicted molar refractivity (Wildman–Crippen MR) is 145 cm³/mol. The Morgan fingerprint density at radius 1 is 1.26 bits per heavy atom. The Bertz CT molecular complexity index is 1230. The summed E-state index contributed by atoms with van der Waals surface area (Å²) in [5.41, 5.74) is 1.50. The summed E-state index contributed by atoms with van der Waals surface area (Å²) in [6.45, 7) is 12.9. The number of piperazine rings is 1. The van der Waals surface area contributed by atoms with E-state index in [9.17, 15) is 9.59 Å². The predicted octanol–water partition coefficient (Wildman–Crippen LogP) is 3.40. The van der Waals surface area contributed by atoms with Gasteiger partial charge in [0.05, 0.1) is 17.9 Å². The van der Waals surface area contributed by atoms with Crippen LogP contribution in [-0.2, 0) is 22.4 Å². The molecule has 38 heavy (non-hydrogen) atoms. The molecule has 0 spiro atoms. The molecule has 1 saturated heterocycles. The zero-order chi connectivity index (χ0) is 27.2. The number of anilines is 1. The van der Waals surface area contributed by atoms with Gasteiger partial charge in [-0.25, -0.2) is 4.39 Å². The molecule has 9 heteroatoms. The van der Waals surface area contributed by atoms with E-state index in [1.54, 1.807) is 11.0 Å². The van der Waals surface area contributed by atoms with E-state index < -0.39 is 5.67 Å². The molecule has 1 unspecified atom stereocenters. The molecule has 5 rings (SSSR count). The van der Waals surface area contributed by atoms with Crippen LogP contribution >= 0.6 is 0 Å². The lowest BCUT2D eigenvalue weighted by Gasteiger charge is -2.41. The number of aromatic nitrogens is 2. The molecule has 204 valence electrons. The van der Waals surface area contributed by atoms with E-state index in [4.69, 9.17) is 0 Å². The summed E-state index contributed by atoms with van der Waals surface area (Å²) in [5.74, 6) is 0.00938. The smallest absolute Gasteiger partial charge is 0.254 e. The molecule has 1 fully saturated rings.